The summed E-state index contributed by atoms with van der Waals surface area (Å²) in [7, 11) is 0. The maximum atomic E-state index is 5.99. The van der Waals surface area contributed by atoms with Crippen molar-refractivity contribution in [3.8, 4) is 5.75 Å². The van der Waals surface area contributed by atoms with Crippen LogP contribution in [-0.4, -0.2) is 11.6 Å². The average molecular weight is 411 g/mol. The van der Waals surface area contributed by atoms with Crippen molar-refractivity contribution in [1.29, 1.82) is 0 Å². The number of hydrogen-bond acceptors (Lipinski definition) is 4. The summed E-state index contributed by atoms with van der Waals surface area (Å²) in [6.07, 6.45) is 0. The number of benzene rings is 2. The van der Waals surface area contributed by atoms with Gasteiger partial charge in [0.1, 0.15) is 10.8 Å². The van der Waals surface area contributed by atoms with Gasteiger partial charge in [0.15, 0.2) is 0 Å². The van der Waals surface area contributed by atoms with Crippen LogP contribution in [0.15, 0.2) is 47.5 Å². The second-order valence-electron chi connectivity index (χ2n) is 7.99. The van der Waals surface area contributed by atoms with Crippen LogP contribution in [0.3, 0.4) is 0 Å². The van der Waals surface area contributed by atoms with Crippen molar-refractivity contribution in [2.24, 2.45) is 0 Å². The highest BCUT2D eigenvalue weighted by Crippen LogP contribution is 2.51. The number of anilines is 1. The van der Waals surface area contributed by atoms with E-state index in [1.54, 1.807) is 11.9 Å². The van der Waals surface area contributed by atoms with Crippen molar-refractivity contribution in [1.82, 2.24) is 4.98 Å². The molecule has 28 heavy (non-hydrogen) atoms. The van der Waals surface area contributed by atoms with Crippen LogP contribution in [0.2, 0.25) is 0 Å². The van der Waals surface area contributed by atoms with Crippen LogP contribution in [0.1, 0.15) is 51.7 Å². The van der Waals surface area contributed by atoms with Crippen molar-refractivity contribution >= 4 is 40.8 Å². The van der Waals surface area contributed by atoms with Crippen LogP contribution in [0, 0.1) is 4.51 Å². The molecule has 1 N–H and O–H groups in total. The molecular formula is C23H26N2OS2. The van der Waals surface area contributed by atoms with Gasteiger partial charge in [-0.1, -0.05) is 32.1 Å². The number of H-pyrrole nitrogens is 1. The molecule has 0 aliphatic carbocycles. The van der Waals surface area contributed by atoms with Gasteiger partial charge in [-0.3, -0.25) is 0 Å². The molecule has 0 spiro atoms. The molecule has 1 aliphatic rings. The largest absolute Gasteiger partial charge is 0.494 e. The standard InChI is InChI=1S/C23H26N2OS2/c1-6-26-17-10-8-16(9-11-17)25-23(4,5)20-21(27)18-13-15(14(2)3)7-12-19(18)24-22(20)28-25/h7-14H,6H2,1-5H3,(H,24,27). The molecule has 0 atom stereocenters. The Morgan fingerprint density at radius 1 is 1.14 bits per heavy atom. The van der Waals surface area contributed by atoms with E-state index in [0.29, 0.717) is 12.5 Å². The maximum absolute atomic E-state index is 5.99. The SMILES string of the molecule is CCOc1ccc(N2Sc3[nH]c4ccc(C(C)C)cc4c(=S)c3C2(C)C)cc1. The predicted octanol–water partition coefficient (Wildman–Crippen LogP) is 7.18. The molecule has 0 radical (unpaired) electrons. The van der Waals surface area contributed by atoms with Gasteiger partial charge in [-0.15, -0.1) is 0 Å². The van der Waals surface area contributed by atoms with Crippen LogP contribution < -0.4 is 9.04 Å². The molecule has 0 saturated heterocycles. The summed E-state index contributed by atoms with van der Waals surface area (Å²) in [4.78, 5) is 3.63. The zero-order valence-electron chi connectivity index (χ0n) is 17.0. The Balaban J connectivity index is 1.81. The molecule has 0 bridgehead atoms. The third-order valence-corrected chi connectivity index (χ3v) is 7.10. The van der Waals surface area contributed by atoms with E-state index in [1.807, 2.05) is 19.1 Å². The number of nitrogens with one attached hydrogen (secondary N) is 1. The Morgan fingerprint density at radius 2 is 1.86 bits per heavy atom. The Labute approximate surface area is 176 Å². The first kappa shape index (κ1) is 19.3. The lowest BCUT2D eigenvalue weighted by atomic mass is 9.93. The van der Waals surface area contributed by atoms with Crippen LogP contribution in [-0.2, 0) is 5.54 Å². The Bertz CT molecular complexity index is 1080. The van der Waals surface area contributed by atoms with E-state index < -0.39 is 0 Å². The number of ether oxygens (including phenoxy) is 1. The van der Waals surface area contributed by atoms with Crippen LogP contribution in [0.25, 0.3) is 10.9 Å². The van der Waals surface area contributed by atoms with Crippen molar-refractivity contribution in [3.63, 3.8) is 0 Å². The Hall–Kier alpha value is -1.98. The highest BCUT2D eigenvalue weighted by atomic mass is 32.2. The lowest BCUT2D eigenvalue weighted by molar-refractivity contribution is 0.340. The van der Waals surface area contributed by atoms with Crippen LogP contribution >= 0.6 is 24.2 Å². The molecule has 1 aliphatic heterocycles. The van der Waals surface area contributed by atoms with Crippen molar-refractivity contribution in [2.75, 3.05) is 10.9 Å². The van der Waals surface area contributed by atoms with E-state index in [0.717, 1.165) is 31.9 Å². The summed E-state index contributed by atoms with van der Waals surface area (Å²) in [5.41, 5.74) is 4.55. The fraction of sp³-hybridized carbons (Fsp3) is 0.348. The van der Waals surface area contributed by atoms with Gasteiger partial charge in [0.25, 0.3) is 0 Å². The Kier molecular flexibility index (Phi) is 4.92. The van der Waals surface area contributed by atoms with Crippen molar-refractivity contribution in [2.45, 2.75) is 51.1 Å². The second kappa shape index (κ2) is 7.12. The fourth-order valence-corrected chi connectivity index (χ4v) is 5.70. The molecule has 0 unspecified atom stereocenters. The molecule has 4 rings (SSSR count). The van der Waals surface area contributed by atoms with Gasteiger partial charge in [-0.2, -0.15) is 0 Å². The van der Waals surface area contributed by atoms with E-state index >= 15 is 0 Å². The third-order valence-electron chi connectivity index (χ3n) is 5.34. The van der Waals surface area contributed by atoms with E-state index in [-0.39, 0.29) is 5.54 Å². The second-order valence-corrected chi connectivity index (χ2v) is 9.35. The van der Waals surface area contributed by atoms with E-state index in [4.69, 9.17) is 17.0 Å². The topological polar surface area (TPSA) is 28.3 Å². The summed E-state index contributed by atoms with van der Waals surface area (Å²) in [5.74, 6) is 1.38. The maximum Gasteiger partial charge on any atom is 0.119 e. The summed E-state index contributed by atoms with van der Waals surface area (Å²) in [6.45, 7) is 11.6. The lowest BCUT2D eigenvalue weighted by Crippen LogP contribution is -2.32. The number of aromatic amines is 1. The van der Waals surface area contributed by atoms with Gasteiger partial charge in [0.05, 0.1) is 16.7 Å². The Morgan fingerprint density at radius 3 is 2.50 bits per heavy atom. The van der Waals surface area contributed by atoms with Gasteiger partial charge >= 0.3 is 0 Å². The van der Waals surface area contributed by atoms with Gasteiger partial charge in [-0.05, 0) is 68.7 Å². The van der Waals surface area contributed by atoms with E-state index in [2.05, 4.69) is 67.3 Å². The van der Waals surface area contributed by atoms with Crippen molar-refractivity contribution < 1.29 is 4.74 Å². The zero-order chi connectivity index (χ0) is 20.1. The summed E-state index contributed by atoms with van der Waals surface area (Å²) in [5, 5.41) is 2.27. The molecule has 5 heteroatoms. The quantitative estimate of drug-likeness (QED) is 0.364. The van der Waals surface area contributed by atoms with Gasteiger partial charge in [0.2, 0.25) is 0 Å². The molecule has 3 nitrogen and oxygen atoms in total. The first-order valence-corrected chi connectivity index (χ1v) is 10.9. The minimum Gasteiger partial charge on any atom is -0.494 e. The molecular weight excluding hydrogens is 384 g/mol. The number of fused-ring (bicyclic) bond motifs is 2. The normalized spacial score (nSPS) is 15.3. The average Bonchev–Trinajstić information content (AvgIpc) is 2.93. The minimum atomic E-state index is -0.220. The van der Waals surface area contributed by atoms with E-state index in [1.165, 1.54) is 11.1 Å². The van der Waals surface area contributed by atoms with Crippen LogP contribution in [0.4, 0.5) is 5.69 Å². The summed E-state index contributed by atoms with van der Waals surface area (Å²) < 4.78 is 8.88. The minimum absolute atomic E-state index is 0.220. The first-order chi connectivity index (χ1) is 13.3. The number of aromatic nitrogens is 1. The fourth-order valence-electron chi connectivity index (χ4n) is 3.79. The highest BCUT2D eigenvalue weighted by Gasteiger charge is 2.41. The summed E-state index contributed by atoms with van der Waals surface area (Å²) >= 11 is 7.72. The molecule has 2 aromatic carbocycles. The molecule has 2 heterocycles. The first-order valence-electron chi connectivity index (χ1n) is 9.74. The van der Waals surface area contributed by atoms with Gasteiger partial charge in [-0.25, -0.2) is 0 Å². The van der Waals surface area contributed by atoms with Gasteiger partial charge in [0, 0.05) is 34.1 Å². The molecule has 3 aromatic rings. The van der Waals surface area contributed by atoms with E-state index in [9.17, 15) is 0 Å². The highest BCUT2D eigenvalue weighted by molar-refractivity contribution is 8.01. The molecule has 0 saturated carbocycles. The number of nitrogens with zero attached hydrogens (tertiary/aromatic N) is 1. The molecule has 0 amide bonds. The van der Waals surface area contributed by atoms with Crippen molar-refractivity contribution in [3.05, 3.63) is 58.1 Å². The molecule has 0 fully saturated rings. The number of hydrogen-bond donors (Lipinski definition) is 1. The monoisotopic (exact) mass is 410 g/mol. The number of pyridine rings is 1. The molecule has 1 aromatic heterocycles. The third kappa shape index (κ3) is 3.11. The van der Waals surface area contributed by atoms with Gasteiger partial charge < -0.3 is 14.0 Å². The molecule has 146 valence electrons. The zero-order valence-corrected chi connectivity index (χ0v) is 18.6. The van der Waals surface area contributed by atoms with Crippen LogP contribution in [0.5, 0.6) is 5.75 Å². The predicted molar refractivity (Wildman–Crippen MR) is 122 cm³/mol. The summed E-state index contributed by atoms with van der Waals surface area (Å²) in [6, 6.07) is 14.9. The number of rotatable bonds is 4. The lowest BCUT2D eigenvalue weighted by Gasteiger charge is -2.32. The smallest absolute Gasteiger partial charge is 0.119 e.